The van der Waals surface area contributed by atoms with Crippen molar-refractivity contribution in [3.63, 3.8) is 0 Å². The monoisotopic (exact) mass is 395 g/mol. The molecule has 0 aliphatic heterocycles. The zero-order valence-corrected chi connectivity index (χ0v) is 16.6. The molecule has 0 aliphatic carbocycles. The van der Waals surface area contributed by atoms with Gasteiger partial charge in [-0.2, -0.15) is 5.10 Å². The summed E-state index contributed by atoms with van der Waals surface area (Å²) in [6, 6.07) is 13.7. The van der Waals surface area contributed by atoms with Crippen molar-refractivity contribution in [1.82, 2.24) is 10.7 Å². The Bertz CT molecular complexity index is 863. The number of amides is 2. The first-order valence-electron chi connectivity index (χ1n) is 9.11. The third kappa shape index (κ3) is 7.14. The van der Waals surface area contributed by atoms with Crippen molar-refractivity contribution >= 4 is 18.0 Å². The summed E-state index contributed by atoms with van der Waals surface area (Å²) in [6.45, 7) is 5.58. The molecule has 0 saturated heterocycles. The summed E-state index contributed by atoms with van der Waals surface area (Å²) in [5.41, 5.74) is 3.96. The van der Waals surface area contributed by atoms with Crippen molar-refractivity contribution < 1.29 is 19.1 Å². The number of nitrogens with one attached hydrogen (secondary N) is 2. The molecular formula is C22H25N3O4. The highest BCUT2D eigenvalue weighted by molar-refractivity contribution is 5.89. The molecule has 0 fully saturated rings. The normalized spacial score (nSPS) is 11.5. The number of nitrogens with zero attached hydrogens (tertiary/aromatic N) is 1. The number of rotatable bonds is 10. The standard InChI is InChI=1S/C22H25N3O4/c1-4-13-29-20-8-6-5-7-18(20)15-23-25-22(27)16(2)24-21(26)14-17-9-11-19(28-3)12-10-17/h4-12,15-16H,1,13-14H2,2-3H3,(H,24,26)(H,25,27). The van der Waals surface area contributed by atoms with Crippen LogP contribution >= 0.6 is 0 Å². The molecule has 2 N–H and O–H groups in total. The summed E-state index contributed by atoms with van der Waals surface area (Å²) in [6.07, 6.45) is 3.30. The van der Waals surface area contributed by atoms with Gasteiger partial charge in [0.05, 0.1) is 19.7 Å². The van der Waals surface area contributed by atoms with Crippen molar-refractivity contribution in [2.45, 2.75) is 19.4 Å². The Morgan fingerprint density at radius 2 is 1.90 bits per heavy atom. The van der Waals surface area contributed by atoms with Crippen LogP contribution in [0.4, 0.5) is 0 Å². The van der Waals surface area contributed by atoms with E-state index in [2.05, 4.69) is 22.4 Å². The van der Waals surface area contributed by atoms with Gasteiger partial charge in [-0.1, -0.05) is 36.9 Å². The number of methoxy groups -OCH3 is 1. The number of carbonyl (C=O) groups is 2. The number of benzene rings is 2. The van der Waals surface area contributed by atoms with Crippen LogP contribution in [0.1, 0.15) is 18.1 Å². The second-order valence-corrected chi connectivity index (χ2v) is 6.19. The van der Waals surface area contributed by atoms with E-state index in [1.165, 1.54) is 6.21 Å². The fourth-order valence-corrected chi connectivity index (χ4v) is 2.42. The lowest BCUT2D eigenvalue weighted by atomic mass is 10.1. The van der Waals surface area contributed by atoms with Crippen molar-refractivity contribution in [3.05, 3.63) is 72.3 Å². The molecule has 0 heterocycles. The summed E-state index contributed by atoms with van der Waals surface area (Å²) in [5.74, 6) is 0.668. The molecule has 0 aromatic heterocycles. The number of ether oxygens (including phenoxy) is 2. The molecule has 0 saturated carbocycles. The summed E-state index contributed by atoms with van der Waals surface area (Å²) >= 11 is 0. The zero-order valence-electron chi connectivity index (χ0n) is 16.6. The Morgan fingerprint density at radius 1 is 1.17 bits per heavy atom. The highest BCUT2D eigenvalue weighted by Crippen LogP contribution is 2.15. The van der Waals surface area contributed by atoms with Gasteiger partial charge in [-0.15, -0.1) is 0 Å². The predicted molar refractivity (Wildman–Crippen MR) is 112 cm³/mol. The third-order valence-corrected chi connectivity index (χ3v) is 3.95. The highest BCUT2D eigenvalue weighted by Gasteiger charge is 2.15. The van der Waals surface area contributed by atoms with E-state index in [9.17, 15) is 9.59 Å². The van der Waals surface area contributed by atoms with Crippen molar-refractivity contribution in [3.8, 4) is 11.5 Å². The highest BCUT2D eigenvalue weighted by atomic mass is 16.5. The van der Waals surface area contributed by atoms with E-state index in [1.54, 1.807) is 50.4 Å². The van der Waals surface area contributed by atoms with Gasteiger partial charge in [-0.25, -0.2) is 5.43 Å². The Balaban J connectivity index is 1.84. The lowest BCUT2D eigenvalue weighted by molar-refractivity contribution is -0.128. The average molecular weight is 395 g/mol. The SMILES string of the molecule is C=CCOc1ccccc1C=NNC(=O)C(C)NC(=O)Cc1ccc(OC)cc1. The minimum absolute atomic E-state index is 0.166. The molecule has 0 aliphatic rings. The second-order valence-electron chi connectivity index (χ2n) is 6.19. The summed E-state index contributed by atoms with van der Waals surface area (Å²) in [4.78, 5) is 24.3. The molecule has 0 bridgehead atoms. The molecule has 0 radical (unpaired) electrons. The third-order valence-electron chi connectivity index (χ3n) is 3.95. The zero-order chi connectivity index (χ0) is 21.1. The first kappa shape index (κ1) is 21.7. The van der Waals surface area contributed by atoms with Gasteiger partial charge in [0.25, 0.3) is 5.91 Å². The molecule has 2 amide bonds. The van der Waals surface area contributed by atoms with E-state index >= 15 is 0 Å². The summed E-state index contributed by atoms with van der Waals surface area (Å²) in [7, 11) is 1.58. The largest absolute Gasteiger partial charge is 0.497 e. The van der Waals surface area contributed by atoms with Crippen LogP contribution in [-0.2, 0) is 16.0 Å². The molecule has 0 spiro atoms. The number of hydrogen-bond donors (Lipinski definition) is 2. The Hall–Kier alpha value is -3.61. The van der Waals surface area contributed by atoms with Crippen LogP contribution in [0.2, 0.25) is 0 Å². The minimum Gasteiger partial charge on any atom is -0.497 e. The summed E-state index contributed by atoms with van der Waals surface area (Å²) < 4.78 is 10.6. The maximum atomic E-state index is 12.2. The van der Waals surface area contributed by atoms with E-state index in [0.29, 0.717) is 17.9 Å². The molecule has 2 aromatic carbocycles. The maximum absolute atomic E-state index is 12.2. The Labute approximate surface area is 170 Å². The van der Waals surface area contributed by atoms with Gasteiger partial charge in [-0.3, -0.25) is 9.59 Å². The average Bonchev–Trinajstić information content (AvgIpc) is 2.73. The second kappa shape index (κ2) is 11.3. The van der Waals surface area contributed by atoms with E-state index in [4.69, 9.17) is 9.47 Å². The molecule has 152 valence electrons. The van der Waals surface area contributed by atoms with E-state index in [1.807, 2.05) is 18.2 Å². The fraction of sp³-hybridized carbons (Fsp3) is 0.227. The fourth-order valence-electron chi connectivity index (χ4n) is 2.42. The number of hydrazone groups is 1. The summed E-state index contributed by atoms with van der Waals surface area (Å²) in [5, 5.41) is 6.60. The van der Waals surface area contributed by atoms with Crippen LogP contribution in [0.3, 0.4) is 0 Å². The lowest BCUT2D eigenvalue weighted by Crippen LogP contribution is -2.43. The van der Waals surface area contributed by atoms with Gasteiger partial charge in [-0.05, 0) is 36.8 Å². The quantitative estimate of drug-likeness (QED) is 0.367. The first-order chi connectivity index (χ1) is 14.0. The molecule has 7 nitrogen and oxygen atoms in total. The number of hydrogen-bond acceptors (Lipinski definition) is 5. The van der Waals surface area contributed by atoms with Crippen molar-refractivity contribution in [2.24, 2.45) is 5.10 Å². The Morgan fingerprint density at radius 3 is 2.59 bits per heavy atom. The van der Waals surface area contributed by atoms with Gasteiger partial charge in [0, 0.05) is 5.56 Å². The van der Waals surface area contributed by atoms with Gasteiger partial charge in [0.1, 0.15) is 24.1 Å². The Kier molecular flexibility index (Phi) is 8.44. The van der Waals surface area contributed by atoms with Gasteiger partial charge >= 0.3 is 0 Å². The molecule has 2 rings (SSSR count). The maximum Gasteiger partial charge on any atom is 0.262 e. The first-order valence-corrected chi connectivity index (χ1v) is 9.11. The molecule has 1 unspecified atom stereocenters. The van der Waals surface area contributed by atoms with Crippen molar-refractivity contribution in [1.29, 1.82) is 0 Å². The van der Waals surface area contributed by atoms with Crippen LogP contribution in [0, 0.1) is 0 Å². The number of para-hydroxylation sites is 1. The van der Waals surface area contributed by atoms with Crippen LogP contribution in [0.15, 0.2) is 66.3 Å². The topological polar surface area (TPSA) is 89.0 Å². The molecular weight excluding hydrogens is 370 g/mol. The molecule has 2 aromatic rings. The van der Waals surface area contributed by atoms with Crippen LogP contribution < -0.4 is 20.2 Å². The van der Waals surface area contributed by atoms with E-state index in [0.717, 1.165) is 11.3 Å². The number of carbonyl (C=O) groups excluding carboxylic acids is 2. The minimum atomic E-state index is -0.731. The molecule has 7 heteroatoms. The lowest BCUT2D eigenvalue weighted by Gasteiger charge is -2.12. The predicted octanol–water partition coefficient (Wildman–Crippen LogP) is 2.46. The van der Waals surface area contributed by atoms with Crippen LogP contribution in [-0.4, -0.2) is 37.8 Å². The van der Waals surface area contributed by atoms with E-state index < -0.39 is 11.9 Å². The van der Waals surface area contributed by atoms with Crippen LogP contribution in [0.5, 0.6) is 11.5 Å². The molecule has 29 heavy (non-hydrogen) atoms. The van der Waals surface area contributed by atoms with Crippen molar-refractivity contribution in [2.75, 3.05) is 13.7 Å². The van der Waals surface area contributed by atoms with Gasteiger partial charge < -0.3 is 14.8 Å². The van der Waals surface area contributed by atoms with E-state index in [-0.39, 0.29) is 12.3 Å². The molecule has 1 atom stereocenters. The van der Waals surface area contributed by atoms with Gasteiger partial charge in [0.2, 0.25) is 5.91 Å². The van der Waals surface area contributed by atoms with Gasteiger partial charge in [0.15, 0.2) is 0 Å². The smallest absolute Gasteiger partial charge is 0.262 e. The van der Waals surface area contributed by atoms with Crippen LogP contribution in [0.25, 0.3) is 0 Å².